The Hall–Kier alpha value is 0.0600. The van der Waals surface area contributed by atoms with Gasteiger partial charge >= 0.3 is 0 Å². The van der Waals surface area contributed by atoms with E-state index in [2.05, 4.69) is 52.4 Å². The molecule has 2 unspecified atom stereocenters. The van der Waals surface area contributed by atoms with Gasteiger partial charge < -0.3 is 10.1 Å². The lowest BCUT2D eigenvalue weighted by Crippen LogP contribution is -2.45. The first-order valence-corrected chi connectivity index (χ1v) is 7.03. The lowest BCUT2D eigenvalue weighted by molar-refractivity contribution is -0.0201. The number of ether oxygens (including phenoxy) is 1. The predicted molar refractivity (Wildman–Crippen MR) is 71.1 cm³/mol. The smallest absolute Gasteiger partial charge is 0.0904 e. The quantitative estimate of drug-likeness (QED) is 0.925. The van der Waals surface area contributed by atoms with Crippen LogP contribution in [0.1, 0.15) is 10.9 Å². The predicted octanol–water partition coefficient (Wildman–Crippen LogP) is 2.10. The van der Waals surface area contributed by atoms with Crippen molar-refractivity contribution in [3.05, 3.63) is 20.8 Å². The summed E-state index contributed by atoms with van der Waals surface area (Å²) < 4.78 is 7.03. The first-order chi connectivity index (χ1) is 7.68. The molecule has 1 aromatic heterocycles. The van der Waals surface area contributed by atoms with Crippen LogP contribution in [0.25, 0.3) is 0 Å². The van der Waals surface area contributed by atoms with Crippen molar-refractivity contribution >= 4 is 27.3 Å². The monoisotopic (exact) mass is 304 g/mol. The number of nitrogens with one attached hydrogen (secondary N) is 1. The minimum Gasteiger partial charge on any atom is -0.374 e. The summed E-state index contributed by atoms with van der Waals surface area (Å²) in [5.74, 6) is 0. The molecule has 0 aliphatic carbocycles. The first-order valence-electron chi connectivity index (χ1n) is 5.42. The van der Waals surface area contributed by atoms with Crippen LogP contribution in [0.2, 0.25) is 0 Å². The van der Waals surface area contributed by atoms with Gasteiger partial charge in [0, 0.05) is 18.0 Å². The lowest BCUT2D eigenvalue weighted by atomic mass is 10.1. The van der Waals surface area contributed by atoms with Crippen molar-refractivity contribution in [1.82, 2.24) is 10.2 Å². The van der Waals surface area contributed by atoms with Gasteiger partial charge in [-0.3, -0.25) is 4.90 Å². The van der Waals surface area contributed by atoms with Crippen molar-refractivity contribution in [2.45, 2.75) is 12.1 Å². The van der Waals surface area contributed by atoms with E-state index in [9.17, 15) is 0 Å². The number of likely N-dealkylation sites (N-methyl/N-ethyl adjacent to an activating group) is 1. The summed E-state index contributed by atoms with van der Waals surface area (Å²) in [6, 6.07) is 4.62. The normalized spacial score (nSPS) is 23.6. The van der Waals surface area contributed by atoms with Crippen LogP contribution in [0, 0.1) is 0 Å². The van der Waals surface area contributed by atoms with E-state index in [4.69, 9.17) is 4.74 Å². The zero-order chi connectivity index (χ0) is 11.5. The lowest BCUT2D eigenvalue weighted by Gasteiger charge is -2.34. The highest BCUT2D eigenvalue weighted by Crippen LogP contribution is 2.33. The number of hydrogen-bond acceptors (Lipinski definition) is 4. The zero-order valence-electron chi connectivity index (χ0n) is 9.57. The van der Waals surface area contributed by atoms with Crippen LogP contribution in [0.4, 0.5) is 0 Å². The van der Waals surface area contributed by atoms with Gasteiger partial charge in [0.05, 0.1) is 22.5 Å². The SMILES string of the molecule is CN(C)C(c1ccc(Br)s1)C1CNCCO1. The molecule has 1 aromatic rings. The van der Waals surface area contributed by atoms with Crippen LogP contribution in [-0.2, 0) is 4.74 Å². The molecule has 90 valence electrons. The Bertz CT molecular complexity index is 336. The van der Waals surface area contributed by atoms with Gasteiger partial charge in [-0.15, -0.1) is 11.3 Å². The van der Waals surface area contributed by atoms with Gasteiger partial charge in [-0.1, -0.05) is 0 Å². The van der Waals surface area contributed by atoms with Gasteiger partial charge in [0.25, 0.3) is 0 Å². The van der Waals surface area contributed by atoms with E-state index in [0.717, 1.165) is 19.7 Å². The van der Waals surface area contributed by atoms with E-state index < -0.39 is 0 Å². The van der Waals surface area contributed by atoms with E-state index in [1.54, 1.807) is 11.3 Å². The summed E-state index contributed by atoms with van der Waals surface area (Å²) in [4.78, 5) is 3.58. The molecule has 0 spiro atoms. The maximum atomic E-state index is 5.85. The Morgan fingerprint density at radius 1 is 1.56 bits per heavy atom. The average molecular weight is 305 g/mol. The van der Waals surface area contributed by atoms with Crippen molar-refractivity contribution in [3.63, 3.8) is 0 Å². The van der Waals surface area contributed by atoms with E-state index in [0.29, 0.717) is 6.04 Å². The van der Waals surface area contributed by atoms with Gasteiger partial charge in [-0.25, -0.2) is 0 Å². The van der Waals surface area contributed by atoms with Gasteiger partial charge in [0.1, 0.15) is 0 Å². The second-order valence-corrected chi connectivity index (χ2v) is 6.66. The van der Waals surface area contributed by atoms with Gasteiger partial charge in [-0.2, -0.15) is 0 Å². The minimum absolute atomic E-state index is 0.245. The highest BCUT2D eigenvalue weighted by atomic mass is 79.9. The average Bonchev–Trinajstić information content (AvgIpc) is 2.66. The minimum atomic E-state index is 0.245. The Balaban J connectivity index is 2.16. The molecule has 2 atom stereocenters. The number of morpholine rings is 1. The highest BCUT2D eigenvalue weighted by molar-refractivity contribution is 9.11. The third-order valence-corrected chi connectivity index (χ3v) is 4.44. The Kier molecular flexibility index (Phi) is 4.38. The fraction of sp³-hybridized carbons (Fsp3) is 0.636. The standard InChI is InChI=1S/C11H17BrN2OS/c1-14(2)11(8-7-13-5-6-15-8)9-3-4-10(12)16-9/h3-4,8,11,13H,5-7H2,1-2H3. The molecule has 1 N–H and O–H groups in total. The van der Waals surface area contributed by atoms with Crippen LogP contribution in [0.5, 0.6) is 0 Å². The van der Waals surface area contributed by atoms with E-state index in [1.165, 1.54) is 8.66 Å². The summed E-state index contributed by atoms with van der Waals surface area (Å²) in [7, 11) is 4.21. The van der Waals surface area contributed by atoms with Crippen LogP contribution in [-0.4, -0.2) is 44.8 Å². The van der Waals surface area contributed by atoms with Gasteiger partial charge in [0.2, 0.25) is 0 Å². The molecule has 1 fully saturated rings. The molecule has 0 aromatic carbocycles. The Labute approximate surface area is 109 Å². The zero-order valence-corrected chi connectivity index (χ0v) is 12.0. The molecule has 2 heterocycles. The van der Waals surface area contributed by atoms with Crippen molar-refractivity contribution in [3.8, 4) is 0 Å². The highest BCUT2D eigenvalue weighted by Gasteiger charge is 2.28. The van der Waals surface area contributed by atoms with Gasteiger partial charge in [0.15, 0.2) is 0 Å². The third-order valence-electron chi connectivity index (χ3n) is 2.75. The number of thiophene rings is 1. The Morgan fingerprint density at radius 2 is 2.38 bits per heavy atom. The second kappa shape index (κ2) is 5.60. The molecular weight excluding hydrogens is 288 g/mol. The van der Waals surface area contributed by atoms with Crippen molar-refractivity contribution in [2.75, 3.05) is 33.8 Å². The molecule has 1 saturated heterocycles. The molecule has 1 aliphatic heterocycles. The van der Waals surface area contributed by atoms with E-state index >= 15 is 0 Å². The van der Waals surface area contributed by atoms with Crippen molar-refractivity contribution in [2.24, 2.45) is 0 Å². The molecule has 1 aliphatic rings. The molecule has 0 amide bonds. The molecule has 0 saturated carbocycles. The maximum Gasteiger partial charge on any atom is 0.0904 e. The van der Waals surface area contributed by atoms with Crippen LogP contribution < -0.4 is 5.32 Å². The Morgan fingerprint density at radius 3 is 2.88 bits per heavy atom. The fourth-order valence-electron chi connectivity index (χ4n) is 2.05. The largest absolute Gasteiger partial charge is 0.374 e. The molecule has 3 nitrogen and oxygen atoms in total. The summed E-state index contributed by atoms with van der Waals surface area (Å²) >= 11 is 5.30. The summed E-state index contributed by atoms with van der Waals surface area (Å²) in [5, 5.41) is 3.39. The maximum absolute atomic E-state index is 5.85. The number of halogens is 1. The molecular formula is C11H17BrN2OS. The van der Waals surface area contributed by atoms with Gasteiger partial charge in [-0.05, 0) is 42.2 Å². The van der Waals surface area contributed by atoms with E-state index in [1.807, 2.05) is 0 Å². The number of hydrogen-bond donors (Lipinski definition) is 1. The van der Waals surface area contributed by atoms with E-state index in [-0.39, 0.29) is 6.10 Å². The number of rotatable bonds is 3. The molecule has 2 rings (SSSR count). The number of nitrogens with zero attached hydrogens (tertiary/aromatic N) is 1. The van der Waals surface area contributed by atoms with Crippen LogP contribution in [0.3, 0.4) is 0 Å². The third kappa shape index (κ3) is 2.84. The summed E-state index contributed by atoms with van der Waals surface area (Å²) in [6.07, 6.45) is 0.245. The first kappa shape index (κ1) is 12.5. The topological polar surface area (TPSA) is 24.5 Å². The van der Waals surface area contributed by atoms with Crippen LogP contribution >= 0.6 is 27.3 Å². The van der Waals surface area contributed by atoms with Crippen LogP contribution in [0.15, 0.2) is 15.9 Å². The van der Waals surface area contributed by atoms with Crippen molar-refractivity contribution in [1.29, 1.82) is 0 Å². The molecule has 5 heteroatoms. The van der Waals surface area contributed by atoms with Crippen molar-refractivity contribution < 1.29 is 4.74 Å². The fourth-order valence-corrected chi connectivity index (χ4v) is 3.72. The summed E-state index contributed by atoms with van der Waals surface area (Å²) in [6.45, 7) is 2.70. The molecule has 0 radical (unpaired) electrons. The second-order valence-electron chi connectivity index (χ2n) is 4.16. The molecule has 0 bridgehead atoms. The molecule has 16 heavy (non-hydrogen) atoms. The summed E-state index contributed by atoms with van der Waals surface area (Å²) in [5.41, 5.74) is 0.